The van der Waals surface area contributed by atoms with Crippen molar-refractivity contribution < 1.29 is 14.9 Å². The minimum Gasteiger partial charge on any atom is -0.489 e. The summed E-state index contributed by atoms with van der Waals surface area (Å²) in [4.78, 5) is 0. The normalized spacial score (nSPS) is 17.8. The fourth-order valence-electron chi connectivity index (χ4n) is 1.88. The minimum atomic E-state index is -0.659. The molecule has 0 aromatic heterocycles. The molecule has 112 valence electrons. The van der Waals surface area contributed by atoms with Crippen LogP contribution in [0.4, 0.5) is 0 Å². The molecule has 1 aliphatic carbocycles. The van der Waals surface area contributed by atoms with E-state index in [0.29, 0.717) is 34.8 Å². The number of aliphatic hydroxyl groups is 2. The molecular formula is C14H19Cl2NO3. The summed E-state index contributed by atoms with van der Waals surface area (Å²) in [5.41, 5.74) is 0. The monoisotopic (exact) mass is 319 g/mol. The summed E-state index contributed by atoms with van der Waals surface area (Å²) in [5, 5.41) is 23.4. The van der Waals surface area contributed by atoms with Crippen molar-refractivity contribution in [1.29, 1.82) is 0 Å². The molecule has 0 amide bonds. The van der Waals surface area contributed by atoms with Crippen LogP contribution in [0.15, 0.2) is 18.2 Å². The first-order chi connectivity index (χ1) is 9.56. The van der Waals surface area contributed by atoms with E-state index in [9.17, 15) is 10.2 Å². The van der Waals surface area contributed by atoms with Crippen molar-refractivity contribution in [3.63, 3.8) is 0 Å². The Labute approximate surface area is 128 Å². The molecule has 1 aliphatic rings. The van der Waals surface area contributed by atoms with E-state index in [2.05, 4.69) is 5.32 Å². The van der Waals surface area contributed by atoms with Crippen LogP contribution in [0, 0.1) is 5.92 Å². The summed E-state index contributed by atoms with van der Waals surface area (Å²) in [6.45, 7) is 1.01. The van der Waals surface area contributed by atoms with Crippen LogP contribution in [-0.2, 0) is 0 Å². The molecule has 0 radical (unpaired) electrons. The number of hydrogen-bond acceptors (Lipinski definition) is 4. The molecule has 0 aliphatic heterocycles. The molecule has 1 fully saturated rings. The summed E-state index contributed by atoms with van der Waals surface area (Å²) in [6.07, 6.45) is 1.23. The Morgan fingerprint density at radius 3 is 2.65 bits per heavy atom. The van der Waals surface area contributed by atoms with Gasteiger partial charge in [0.25, 0.3) is 0 Å². The molecule has 3 N–H and O–H groups in total. The van der Waals surface area contributed by atoms with Gasteiger partial charge in [0.1, 0.15) is 18.5 Å². The summed E-state index contributed by atoms with van der Waals surface area (Å²) in [6, 6.07) is 4.94. The molecule has 1 saturated carbocycles. The number of nitrogens with one attached hydrogen (secondary N) is 1. The van der Waals surface area contributed by atoms with Gasteiger partial charge in [0.05, 0.1) is 11.1 Å². The van der Waals surface area contributed by atoms with Crippen LogP contribution in [0.25, 0.3) is 0 Å². The molecule has 20 heavy (non-hydrogen) atoms. The highest BCUT2D eigenvalue weighted by atomic mass is 35.5. The SMILES string of the molecule is OC(CNCC(O)C1CC1)COc1ccc(Cl)cc1Cl. The predicted molar refractivity (Wildman–Crippen MR) is 79.6 cm³/mol. The van der Waals surface area contributed by atoms with Gasteiger partial charge in [-0.3, -0.25) is 0 Å². The summed E-state index contributed by atoms with van der Waals surface area (Å²) >= 11 is 11.7. The van der Waals surface area contributed by atoms with E-state index in [0.717, 1.165) is 12.8 Å². The molecule has 1 aromatic rings. The third-order valence-electron chi connectivity index (χ3n) is 3.22. The van der Waals surface area contributed by atoms with Gasteiger partial charge in [-0.2, -0.15) is 0 Å². The second kappa shape index (κ2) is 7.48. The minimum absolute atomic E-state index is 0.133. The second-order valence-electron chi connectivity index (χ2n) is 5.10. The smallest absolute Gasteiger partial charge is 0.138 e. The van der Waals surface area contributed by atoms with Crippen LogP contribution in [-0.4, -0.2) is 42.1 Å². The highest BCUT2D eigenvalue weighted by Crippen LogP contribution is 2.32. The number of rotatable bonds is 8. The Hall–Kier alpha value is -0.520. The van der Waals surface area contributed by atoms with Gasteiger partial charge in [-0.05, 0) is 37.0 Å². The van der Waals surface area contributed by atoms with E-state index in [1.54, 1.807) is 18.2 Å². The molecule has 4 nitrogen and oxygen atoms in total. The molecule has 0 saturated heterocycles. The van der Waals surface area contributed by atoms with Crippen molar-refractivity contribution in [2.45, 2.75) is 25.0 Å². The van der Waals surface area contributed by atoms with Gasteiger partial charge in [0, 0.05) is 18.1 Å². The van der Waals surface area contributed by atoms with Crippen LogP contribution >= 0.6 is 23.2 Å². The largest absolute Gasteiger partial charge is 0.489 e. The zero-order valence-corrected chi connectivity index (χ0v) is 12.6. The predicted octanol–water partition coefficient (Wildman–Crippen LogP) is 2.09. The Bertz CT molecular complexity index is 440. The van der Waals surface area contributed by atoms with E-state index in [4.69, 9.17) is 27.9 Å². The van der Waals surface area contributed by atoms with Gasteiger partial charge in [0.15, 0.2) is 0 Å². The summed E-state index contributed by atoms with van der Waals surface area (Å²) in [7, 11) is 0. The van der Waals surface area contributed by atoms with E-state index in [-0.39, 0.29) is 12.7 Å². The number of hydrogen-bond donors (Lipinski definition) is 3. The van der Waals surface area contributed by atoms with Crippen molar-refractivity contribution in [2.75, 3.05) is 19.7 Å². The maximum Gasteiger partial charge on any atom is 0.138 e. The Morgan fingerprint density at radius 2 is 2.00 bits per heavy atom. The molecular weight excluding hydrogens is 301 g/mol. The Balaban J connectivity index is 1.65. The van der Waals surface area contributed by atoms with Gasteiger partial charge in [-0.15, -0.1) is 0 Å². The van der Waals surface area contributed by atoms with Gasteiger partial charge >= 0.3 is 0 Å². The number of ether oxygens (including phenoxy) is 1. The van der Waals surface area contributed by atoms with Crippen molar-refractivity contribution >= 4 is 23.2 Å². The van der Waals surface area contributed by atoms with E-state index >= 15 is 0 Å². The zero-order chi connectivity index (χ0) is 14.5. The molecule has 0 heterocycles. The van der Waals surface area contributed by atoms with E-state index < -0.39 is 6.10 Å². The third-order valence-corrected chi connectivity index (χ3v) is 3.76. The first-order valence-electron chi connectivity index (χ1n) is 6.71. The topological polar surface area (TPSA) is 61.7 Å². The fraction of sp³-hybridized carbons (Fsp3) is 0.571. The molecule has 2 atom stereocenters. The van der Waals surface area contributed by atoms with Crippen molar-refractivity contribution in [2.24, 2.45) is 5.92 Å². The average molecular weight is 320 g/mol. The molecule has 1 aromatic carbocycles. The zero-order valence-electron chi connectivity index (χ0n) is 11.1. The number of aliphatic hydroxyl groups excluding tert-OH is 2. The maximum atomic E-state index is 9.78. The highest BCUT2D eigenvalue weighted by molar-refractivity contribution is 6.35. The van der Waals surface area contributed by atoms with Crippen LogP contribution in [0.5, 0.6) is 5.75 Å². The molecule has 6 heteroatoms. The van der Waals surface area contributed by atoms with Crippen molar-refractivity contribution in [3.8, 4) is 5.75 Å². The maximum absolute atomic E-state index is 9.78. The van der Waals surface area contributed by atoms with Gasteiger partial charge in [-0.25, -0.2) is 0 Å². The van der Waals surface area contributed by atoms with Gasteiger partial charge in [0.2, 0.25) is 0 Å². The quantitative estimate of drug-likeness (QED) is 0.686. The van der Waals surface area contributed by atoms with Gasteiger partial charge in [-0.1, -0.05) is 23.2 Å². The lowest BCUT2D eigenvalue weighted by molar-refractivity contribution is 0.0967. The summed E-state index contributed by atoms with van der Waals surface area (Å²) < 4.78 is 5.43. The third kappa shape index (κ3) is 5.11. The molecule has 0 bridgehead atoms. The van der Waals surface area contributed by atoms with Crippen LogP contribution < -0.4 is 10.1 Å². The number of halogens is 2. The molecule has 2 unspecified atom stereocenters. The Morgan fingerprint density at radius 1 is 1.25 bits per heavy atom. The first kappa shape index (κ1) is 15.9. The standard InChI is InChI=1S/C14H19Cl2NO3/c15-10-3-4-14(12(16)5-10)20-8-11(18)6-17-7-13(19)9-1-2-9/h3-5,9,11,13,17-19H,1-2,6-8H2. The second-order valence-corrected chi connectivity index (χ2v) is 5.95. The molecule has 0 spiro atoms. The van der Waals surface area contributed by atoms with Gasteiger partial charge < -0.3 is 20.3 Å². The lowest BCUT2D eigenvalue weighted by atomic mass is 10.2. The van der Waals surface area contributed by atoms with Crippen LogP contribution in [0.1, 0.15) is 12.8 Å². The average Bonchev–Trinajstić information content (AvgIpc) is 3.22. The Kier molecular flexibility index (Phi) is 5.93. The highest BCUT2D eigenvalue weighted by Gasteiger charge is 2.29. The van der Waals surface area contributed by atoms with Crippen molar-refractivity contribution in [1.82, 2.24) is 5.32 Å². The lowest BCUT2D eigenvalue weighted by Gasteiger charge is -2.15. The fourth-order valence-corrected chi connectivity index (χ4v) is 2.35. The van der Waals surface area contributed by atoms with Crippen LogP contribution in [0.3, 0.4) is 0 Å². The molecule has 2 rings (SSSR count). The van der Waals surface area contributed by atoms with E-state index in [1.807, 2.05) is 0 Å². The summed E-state index contributed by atoms with van der Waals surface area (Å²) in [5.74, 6) is 0.928. The first-order valence-corrected chi connectivity index (χ1v) is 7.46. The van der Waals surface area contributed by atoms with Crippen LogP contribution in [0.2, 0.25) is 10.0 Å². The number of benzene rings is 1. The lowest BCUT2D eigenvalue weighted by Crippen LogP contribution is -2.36. The van der Waals surface area contributed by atoms with E-state index in [1.165, 1.54) is 0 Å². The van der Waals surface area contributed by atoms with Crippen molar-refractivity contribution in [3.05, 3.63) is 28.2 Å².